The SMILES string of the molecule is CCCCCCCCCCCCCCCCCCOC(=O)CSCC(N)=O. The Kier molecular flexibility index (Phi) is 21.0. The molecule has 0 saturated carbocycles. The molecule has 0 aromatic rings. The number of esters is 1. The first-order valence-corrected chi connectivity index (χ1v) is 12.3. The van der Waals surface area contributed by atoms with Crippen molar-refractivity contribution in [2.24, 2.45) is 5.73 Å². The summed E-state index contributed by atoms with van der Waals surface area (Å²) in [5.41, 5.74) is 5.01. The van der Waals surface area contributed by atoms with E-state index in [1.807, 2.05) is 0 Å². The second kappa shape index (κ2) is 21.6. The Morgan fingerprint density at radius 1 is 0.667 bits per heavy atom. The zero-order valence-corrected chi connectivity index (χ0v) is 18.5. The van der Waals surface area contributed by atoms with Gasteiger partial charge in [-0.25, -0.2) is 0 Å². The highest BCUT2D eigenvalue weighted by Crippen LogP contribution is 2.13. The van der Waals surface area contributed by atoms with Gasteiger partial charge < -0.3 is 10.5 Å². The van der Waals surface area contributed by atoms with Crippen molar-refractivity contribution in [3.63, 3.8) is 0 Å². The van der Waals surface area contributed by atoms with Crippen LogP contribution in [0.3, 0.4) is 0 Å². The van der Waals surface area contributed by atoms with Crippen molar-refractivity contribution in [3.8, 4) is 0 Å². The van der Waals surface area contributed by atoms with Gasteiger partial charge in [-0.2, -0.15) is 0 Å². The van der Waals surface area contributed by atoms with Gasteiger partial charge in [0.05, 0.1) is 18.1 Å². The number of amides is 1. The molecule has 27 heavy (non-hydrogen) atoms. The molecule has 0 aliphatic heterocycles. The number of hydrogen-bond acceptors (Lipinski definition) is 4. The van der Waals surface area contributed by atoms with Crippen LogP contribution in [0, 0.1) is 0 Å². The molecule has 160 valence electrons. The smallest absolute Gasteiger partial charge is 0.315 e. The molecule has 0 aliphatic rings. The number of ether oxygens (including phenoxy) is 1. The molecular formula is C22H43NO3S. The van der Waals surface area contributed by atoms with Crippen molar-refractivity contribution in [1.29, 1.82) is 0 Å². The molecule has 0 radical (unpaired) electrons. The lowest BCUT2D eigenvalue weighted by Crippen LogP contribution is -2.16. The molecule has 0 bridgehead atoms. The summed E-state index contributed by atoms with van der Waals surface area (Å²) in [5.74, 6) is -0.261. The van der Waals surface area contributed by atoms with Crippen LogP contribution in [0.15, 0.2) is 0 Å². The summed E-state index contributed by atoms with van der Waals surface area (Å²) in [4.78, 5) is 21.9. The summed E-state index contributed by atoms with van der Waals surface area (Å²) in [6.07, 6.45) is 21.4. The zero-order chi connectivity index (χ0) is 20.0. The van der Waals surface area contributed by atoms with E-state index in [0.29, 0.717) is 6.61 Å². The van der Waals surface area contributed by atoms with Crippen molar-refractivity contribution in [2.75, 3.05) is 18.1 Å². The summed E-state index contributed by atoms with van der Waals surface area (Å²) >= 11 is 1.21. The summed E-state index contributed by atoms with van der Waals surface area (Å²) in [6, 6.07) is 0. The molecular weight excluding hydrogens is 358 g/mol. The fourth-order valence-electron chi connectivity index (χ4n) is 3.11. The number of hydrogen-bond donors (Lipinski definition) is 1. The first kappa shape index (κ1) is 26.3. The fraction of sp³-hybridized carbons (Fsp3) is 0.909. The maximum absolute atomic E-state index is 11.4. The van der Waals surface area contributed by atoms with Crippen LogP contribution in [0.4, 0.5) is 0 Å². The van der Waals surface area contributed by atoms with E-state index in [9.17, 15) is 9.59 Å². The van der Waals surface area contributed by atoms with Crippen molar-refractivity contribution in [3.05, 3.63) is 0 Å². The van der Waals surface area contributed by atoms with Gasteiger partial charge in [0, 0.05) is 0 Å². The number of unbranched alkanes of at least 4 members (excludes halogenated alkanes) is 15. The molecule has 0 fully saturated rings. The van der Waals surface area contributed by atoms with Crippen LogP contribution in [0.2, 0.25) is 0 Å². The minimum Gasteiger partial charge on any atom is -0.465 e. The molecule has 0 rings (SSSR count). The number of thioether (sulfide) groups is 1. The molecule has 0 unspecified atom stereocenters. The van der Waals surface area contributed by atoms with Gasteiger partial charge in [-0.1, -0.05) is 103 Å². The molecule has 0 aromatic carbocycles. The maximum Gasteiger partial charge on any atom is 0.315 e. The van der Waals surface area contributed by atoms with Gasteiger partial charge in [-0.3, -0.25) is 9.59 Å². The van der Waals surface area contributed by atoms with Crippen LogP contribution in [-0.4, -0.2) is 30.0 Å². The summed E-state index contributed by atoms with van der Waals surface area (Å²) in [7, 11) is 0. The van der Waals surface area contributed by atoms with Crippen LogP contribution >= 0.6 is 11.8 Å². The Balaban J connectivity index is 3.10. The van der Waals surface area contributed by atoms with Crippen molar-refractivity contribution in [1.82, 2.24) is 0 Å². The maximum atomic E-state index is 11.4. The number of primary amides is 1. The first-order valence-electron chi connectivity index (χ1n) is 11.2. The average Bonchev–Trinajstić information content (AvgIpc) is 2.64. The summed E-state index contributed by atoms with van der Waals surface area (Å²) in [6.45, 7) is 2.77. The van der Waals surface area contributed by atoms with Crippen LogP contribution in [0.5, 0.6) is 0 Å². The zero-order valence-electron chi connectivity index (χ0n) is 17.6. The summed E-state index contributed by atoms with van der Waals surface area (Å²) < 4.78 is 5.13. The normalized spacial score (nSPS) is 10.9. The van der Waals surface area contributed by atoms with Gasteiger partial charge in [0.1, 0.15) is 0 Å². The van der Waals surface area contributed by atoms with E-state index in [0.717, 1.165) is 12.8 Å². The van der Waals surface area contributed by atoms with Crippen LogP contribution in [-0.2, 0) is 14.3 Å². The average molecular weight is 402 g/mol. The van der Waals surface area contributed by atoms with Crippen molar-refractivity contribution >= 4 is 23.6 Å². The third-order valence-electron chi connectivity index (χ3n) is 4.73. The van der Waals surface area contributed by atoms with E-state index in [-0.39, 0.29) is 17.5 Å². The van der Waals surface area contributed by atoms with Gasteiger partial charge >= 0.3 is 5.97 Å². The van der Waals surface area contributed by atoms with E-state index in [4.69, 9.17) is 10.5 Å². The van der Waals surface area contributed by atoms with Gasteiger partial charge in [0.15, 0.2) is 0 Å². The summed E-state index contributed by atoms with van der Waals surface area (Å²) in [5, 5.41) is 0. The quantitative estimate of drug-likeness (QED) is 0.189. The fourth-order valence-corrected chi connectivity index (χ4v) is 3.67. The number of carbonyl (C=O) groups is 2. The largest absolute Gasteiger partial charge is 0.465 e. The predicted octanol–water partition coefficient (Wildman–Crippen LogP) is 6.01. The highest BCUT2D eigenvalue weighted by atomic mass is 32.2. The van der Waals surface area contributed by atoms with Crippen LogP contribution in [0.1, 0.15) is 110 Å². The lowest BCUT2D eigenvalue weighted by atomic mass is 10.0. The number of carbonyl (C=O) groups excluding carboxylic acids is 2. The van der Waals surface area contributed by atoms with Crippen LogP contribution in [0.25, 0.3) is 0 Å². The second-order valence-electron chi connectivity index (χ2n) is 7.48. The lowest BCUT2D eigenvalue weighted by molar-refractivity contribution is -0.140. The highest BCUT2D eigenvalue weighted by molar-refractivity contribution is 8.00. The molecule has 2 N–H and O–H groups in total. The molecule has 0 heterocycles. The minimum absolute atomic E-state index is 0.175. The molecule has 4 nitrogen and oxygen atoms in total. The first-order chi connectivity index (χ1) is 13.2. The Bertz CT molecular complexity index is 350. The molecule has 0 aromatic heterocycles. The van der Waals surface area contributed by atoms with Gasteiger partial charge in [0.2, 0.25) is 5.91 Å². The van der Waals surface area contributed by atoms with Crippen molar-refractivity contribution < 1.29 is 14.3 Å². The Labute approximate surface area is 171 Å². The van der Waals surface area contributed by atoms with E-state index in [1.54, 1.807) is 0 Å². The Morgan fingerprint density at radius 2 is 1.07 bits per heavy atom. The number of rotatable bonds is 21. The lowest BCUT2D eigenvalue weighted by Gasteiger charge is -2.05. The Morgan fingerprint density at radius 3 is 1.48 bits per heavy atom. The third kappa shape index (κ3) is 23.3. The topological polar surface area (TPSA) is 69.4 Å². The molecule has 0 atom stereocenters. The van der Waals surface area contributed by atoms with E-state index in [1.165, 1.54) is 102 Å². The highest BCUT2D eigenvalue weighted by Gasteiger charge is 2.04. The minimum atomic E-state index is -0.398. The van der Waals surface area contributed by atoms with Crippen LogP contribution < -0.4 is 5.73 Å². The van der Waals surface area contributed by atoms with E-state index < -0.39 is 5.91 Å². The Hall–Kier alpha value is -0.710. The molecule has 5 heteroatoms. The molecule has 1 amide bonds. The number of nitrogens with two attached hydrogens (primary N) is 1. The van der Waals surface area contributed by atoms with E-state index >= 15 is 0 Å². The van der Waals surface area contributed by atoms with Gasteiger partial charge in [-0.15, -0.1) is 11.8 Å². The van der Waals surface area contributed by atoms with Gasteiger partial charge in [-0.05, 0) is 6.42 Å². The molecule has 0 saturated heterocycles. The third-order valence-corrected chi connectivity index (χ3v) is 5.65. The molecule has 0 aliphatic carbocycles. The molecule has 0 spiro atoms. The van der Waals surface area contributed by atoms with Crippen molar-refractivity contribution in [2.45, 2.75) is 110 Å². The second-order valence-corrected chi connectivity index (χ2v) is 8.47. The predicted molar refractivity (Wildman–Crippen MR) is 117 cm³/mol. The standard InChI is InChI=1S/C22H43NO3S/c1-2-3-4-5-6-7-8-9-10-11-12-13-14-15-16-17-18-26-22(25)20-27-19-21(23)24/h2-20H2,1H3,(H2,23,24). The monoisotopic (exact) mass is 401 g/mol. The van der Waals surface area contributed by atoms with Gasteiger partial charge in [0.25, 0.3) is 0 Å². The van der Waals surface area contributed by atoms with E-state index in [2.05, 4.69) is 6.92 Å².